The lowest BCUT2D eigenvalue weighted by Crippen LogP contribution is -2.39. The smallest absolute Gasteiger partial charge is 0.428 e. The molecule has 0 radical (unpaired) electrons. The van der Waals surface area contributed by atoms with Crippen molar-refractivity contribution >= 4 is 24.2 Å². The average Bonchev–Trinajstić information content (AvgIpc) is 2.98. The molecule has 0 atom stereocenters. The van der Waals surface area contributed by atoms with Gasteiger partial charge in [-0.3, -0.25) is 0 Å². The van der Waals surface area contributed by atoms with Crippen molar-refractivity contribution in [2.75, 3.05) is 0 Å². The maximum atomic E-state index is 12.5. The molecule has 0 spiro atoms. The molecule has 10 heteroatoms. The zero-order valence-electron chi connectivity index (χ0n) is 28.9. The highest BCUT2D eigenvalue weighted by Crippen LogP contribution is 2.49. The van der Waals surface area contributed by atoms with Gasteiger partial charge in [-0.1, -0.05) is 49.2 Å². The van der Waals surface area contributed by atoms with Gasteiger partial charge in [-0.25, -0.2) is 29.1 Å². The van der Waals surface area contributed by atoms with Crippen LogP contribution in [-0.2, 0) is 29.0 Å². The third-order valence-electron chi connectivity index (χ3n) is 10.1. The Balaban J connectivity index is 1.16. The van der Waals surface area contributed by atoms with Gasteiger partial charge in [-0.2, -0.15) is 9.59 Å². The van der Waals surface area contributed by atoms with Crippen LogP contribution in [0.5, 0.6) is 0 Å². The van der Waals surface area contributed by atoms with E-state index in [-0.39, 0.29) is 17.6 Å². The quantitative estimate of drug-likeness (QED) is 0.170. The van der Waals surface area contributed by atoms with Crippen molar-refractivity contribution in [2.24, 2.45) is 17.3 Å². The van der Waals surface area contributed by atoms with E-state index in [2.05, 4.69) is 13.8 Å². The van der Waals surface area contributed by atoms with Crippen LogP contribution in [0, 0.1) is 58.8 Å². The number of benzene rings is 2. The first kappa shape index (κ1) is 35.8. The van der Waals surface area contributed by atoms with E-state index >= 15 is 0 Å². The van der Waals surface area contributed by atoms with Gasteiger partial charge in [0.05, 0.1) is 11.1 Å². The average molecular weight is 653 g/mol. The Kier molecular flexibility index (Phi) is 11.6. The van der Waals surface area contributed by atoms with Crippen LogP contribution in [0.2, 0.25) is 0 Å². The molecule has 4 rings (SSSR count). The van der Waals surface area contributed by atoms with E-state index < -0.39 is 24.2 Å². The molecule has 10 nitrogen and oxygen atoms in total. The summed E-state index contributed by atoms with van der Waals surface area (Å²) in [7, 11) is 0. The van der Waals surface area contributed by atoms with Gasteiger partial charge in [0, 0.05) is 0 Å². The Bertz CT molecular complexity index is 1320. The molecule has 0 unspecified atom stereocenters. The number of carbonyl (C=O) groups is 4. The van der Waals surface area contributed by atoms with E-state index in [0.717, 1.165) is 59.1 Å². The van der Waals surface area contributed by atoms with Crippen LogP contribution >= 0.6 is 0 Å². The van der Waals surface area contributed by atoms with Gasteiger partial charge in [0.25, 0.3) is 0 Å². The van der Waals surface area contributed by atoms with Crippen molar-refractivity contribution in [3.05, 3.63) is 68.8 Å². The Labute approximate surface area is 277 Å². The number of ether oxygens (including phenoxy) is 2. The summed E-state index contributed by atoms with van der Waals surface area (Å²) in [5.41, 5.74) is 5.82. The number of carbonyl (C=O) groups excluding carboxylic acids is 4. The maximum Gasteiger partial charge on any atom is 0.550 e. The SMILES string of the molecule is Cc1cc(C)c(C(=O)OOC(=O)OC2CCC(C(C)(C)C3CCC(OC(=O)OOC(=O)c4c(C)cc(C)cc4C)CC3)CC2)c(C)c1. The molecule has 0 N–H and O–H groups in total. The maximum absolute atomic E-state index is 12.5. The normalized spacial score (nSPS) is 21.3. The Morgan fingerprint density at radius 3 is 1.11 bits per heavy atom. The highest BCUT2D eigenvalue weighted by atomic mass is 17.2. The summed E-state index contributed by atoms with van der Waals surface area (Å²) < 4.78 is 10.9. The minimum atomic E-state index is -1.02. The molecule has 47 heavy (non-hydrogen) atoms. The summed E-state index contributed by atoms with van der Waals surface area (Å²) in [4.78, 5) is 68.6. The monoisotopic (exact) mass is 652 g/mol. The van der Waals surface area contributed by atoms with Crippen molar-refractivity contribution in [1.29, 1.82) is 0 Å². The lowest BCUT2D eigenvalue weighted by molar-refractivity contribution is -0.209. The van der Waals surface area contributed by atoms with Crippen LogP contribution in [0.25, 0.3) is 0 Å². The second-order valence-corrected chi connectivity index (χ2v) is 14.0. The molecule has 256 valence electrons. The van der Waals surface area contributed by atoms with E-state index in [1.807, 2.05) is 38.1 Å². The molecule has 0 amide bonds. The van der Waals surface area contributed by atoms with Gasteiger partial charge in [0.1, 0.15) is 12.2 Å². The van der Waals surface area contributed by atoms with E-state index in [1.165, 1.54) is 0 Å². The van der Waals surface area contributed by atoms with Crippen molar-refractivity contribution in [2.45, 2.75) is 119 Å². The highest BCUT2D eigenvalue weighted by Gasteiger charge is 2.41. The molecule has 0 heterocycles. The van der Waals surface area contributed by atoms with Crippen LogP contribution in [0.4, 0.5) is 9.59 Å². The summed E-state index contributed by atoms with van der Waals surface area (Å²) >= 11 is 0. The van der Waals surface area contributed by atoms with E-state index in [9.17, 15) is 19.2 Å². The van der Waals surface area contributed by atoms with Crippen LogP contribution in [0.3, 0.4) is 0 Å². The predicted octanol–water partition coefficient (Wildman–Crippen LogP) is 8.83. The van der Waals surface area contributed by atoms with Gasteiger partial charge in [0.15, 0.2) is 0 Å². The largest absolute Gasteiger partial charge is 0.550 e. The molecule has 2 aromatic rings. The molecular formula is C37H48O10. The van der Waals surface area contributed by atoms with Gasteiger partial charge in [-0.15, -0.1) is 0 Å². The fraction of sp³-hybridized carbons (Fsp3) is 0.568. The predicted molar refractivity (Wildman–Crippen MR) is 173 cm³/mol. The lowest BCUT2D eigenvalue weighted by atomic mass is 9.60. The zero-order valence-corrected chi connectivity index (χ0v) is 28.9. The number of hydrogen-bond donors (Lipinski definition) is 0. The highest BCUT2D eigenvalue weighted by molar-refractivity contribution is 5.93. The molecule has 2 aromatic carbocycles. The summed E-state index contributed by atoms with van der Waals surface area (Å²) in [6, 6.07) is 7.47. The number of aryl methyl sites for hydroxylation is 6. The van der Waals surface area contributed by atoms with Crippen molar-refractivity contribution in [3.8, 4) is 0 Å². The molecule has 0 bridgehead atoms. The topological polar surface area (TPSA) is 124 Å². The van der Waals surface area contributed by atoms with Crippen molar-refractivity contribution in [1.82, 2.24) is 0 Å². The Hall–Kier alpha value is -4.08. The van der Waals surface area contributed by atoms with Gasteiger partial charge >= 0.3 is 24.2 Å². The molecule has 0 saturated heterocycles. The fourth-order valence-electron chi connectivity index (χ4n) is 7.73. The number of rotatable bonds is 6. The van der Waals surface area contributed by atoms with Gasteiger partial charge < -0.3 is 9.47 Å². The first-order valence-electron chi connectivity index (χ1n) is 16.5. The third kappa shape index (κ3) is 9.05. The second-order valence-electron chi connectivity index (χ2n) is 14.0. The second kappa shape index (κ2) is 15.2. The van der Waals surface area contributed by atoms with Gasteiger partial charge in [-0.05, 0) is 132 Å². The molecule has 2 aliphatic carbocycles. The minimum Gasteiger partial charge on any atom is -0.428 e. The van der Waals surface area contributed by atoms with Crippen molar-refractivity contribution < 1.29 is 48.2 Å². The summed E-state index contributed by atoms with van der Waals surface area (Å²) in [5, 5.41) is 0. The first-order chi connectivity index (χ1) is 22.1. The third-order valence-corrected chi connectivity index (χ3v) is 10.1. The first-order valence-corrected chi connectivity index (χ1v) is 16.5. The van der Waals surface area contributed by atoms with E-state index in [0.29, 0.717) is 48.6 Å². The molecule has 2 saturated carbocycles. The van der Waals surface area contributed by atoms with Crippen molar-refractivity contribution in [3.63, 3.8) is 0 Å². The minimum absolute atomic E-state index is 0.0372. The van der Waals surface area contributed by atoms with Crippen LogP contribution < -0.4 is 0 Å². The number of hydrogen-bond acceptors (Lipinski definition) is 10. The molecule has 2 aliphatic rings. The Morgan fingerprint density at radius 2 is 0.809 bits per heavy atom. The lowest BCUT2D eigenvalue weighted by Gasteiger charge is -2.46. The molecular weight excluding hydrogens is 604 g/mol. The van der Waals surface area contributed by atoms with Crippen LogP contribution in [0.1, 0.15) is 119 Å². The molecule has 0 aliphatic heterocycles. The fourth-order valence-corrected chi connectivity index (χ4v) is 7.73. The zero-order chi connectivity index (χ0) is 34.5. The summed E-state index contributed by atoms with van der Waals surface area (Å²) in [6.45, 7) is 15.7. The van der Waals surface area contributed by atoms with E-state index in [1.54, 1.807) is 27.7 Å². The molecule has 0 aromatic heterocycles. The summed E-state index contributed by atoms with van der Waals surface area (Å²) in [5.74, 6) is -0.592. The standard InChI is InChI=1S/C37H48O10/c1-21-17-23(3)31(24(4)18-21)33(38)44-46-35(40)42-29-13-9-27(10-14-29)37(7,8)28-11-15-30(16-12-28)43-36(41)47-45-34(39)32-25(5)19-22(2)20-26(32)6/h17-20,27-30H,9-16H2,1-8H3. The summed E-state index contributed by atoms with van der Waals surface area (Å²) in [6.07, 6.45) is 3.68. The van der Waals surface area contributed by atoms with Crippen LogP contribution in [0.15, 0.2) is 24.3 Å². The molecule has 2 fully saturated rings. The van der Waals surface area contributed by atoms with Crippen LogP contribution in [-0.4, -0.2) is 36.5 Å². The van der Waals surface area contributed by atoms with Gasteiger partial charge in [0.2, 0.25) is 0 Å². The van der Waals surface area contributed by atoms with E-state index in [4.69, 9.17) is 29.0 Å². The Morgan fingerprint density at radius 1 is 0.511 bits per heavy atom.